The summed E-state index contributed by atoms with van der Waals surface area (Å²) in [5.74, 6) is 0.206. The fourth-order valence-electron chi connectivity index (χ4n) is 4.84. The molecule has 1 saturated carbocycles. The van der Waals surface area contributed by atoms with Gasteiger partial charge in [-0.3, -0.25) is 14.2 Å². The number of nitrogens with zero attached hydrogens (tertiary/aromatic N) is 3. The van der Waals surface area contributed by atoms with Crippen LogP contribution in [0.25, 0.3) is 10.2 Å². The largest absolute Gasteiger partial charge is 0.388 e. The Labute approximate surface area is 180 Å². The minimum Gasteiger partial charge on any atom is -0.388 e. The Morgan fingerprint density at radius 2 is 2.07 bits per heavy atom. The van der Waals surface area contributed by atoms with E-state index >= 15 is 0 Å². The molecule has 1 N–H and O–H groups in total. The van der Waals surface area contributed by atoms with Crippen LogP contribution in [0, 0.1) is 19.8 Å². The Bertz CT molecular complexity index is 990. The molecule has 2 aliphatic rings. The van der Waals surface area contributed by atoms with E-state index in [2.05, 4.69) is 4.98 Å². The summed E-state index contributed by atoms with van der Waals surface area (Å²) < 4.78 is 6.99. The van der Waals surface area contributed by atoms with E-state index in [1.807, 2.05) is 18.7 Å². The van der Waals surface area contributed by atoms with Crippen molar-refractivity contribution in [3.63, 3.8) is 0 Å². The summed E-state index contributed by atoms with van der Waals surface area (Å²) in [6.07, 6.45) is 6.39. The molecule has 0 spiro atoms. The smallest absolute Gasteiger partial charge is 0.262 e. The van der Waals surface area contributed by atoms with E-state index in [-0.39, 0.29) is 30.0 Å². The lowest BCUT2D eigenvalue weighted by molar-refractivity contribution is -0.142. The average Bonchev–Trinajstić information content (AvgIpc) is 3.04. The van der Waals surface area contributed by atoms with E-state index in [0.29, 0.717) is 31.3 Å². The third kappa shape index (κ3) is 4.05. The molecule has 7 nitrogen and oxygen atoms in total. The van der Waals surface area contributed by atoms with Gasteiger partial charge in [-0.05, 0) is 51.5 Å². The molecule has 8 heteroatoms. The summed E-state index contributed by atoms with van der Waals surface area (Å²) in [5.41, 5.74) is -0.131. The van der Waals surface area contributed by atoms with Crippen molar-refractivity contribution in [2.45, 2.75) is 70.6 Å². The van der Waals surface area contributed by atoms with Gasteiger partial charge in [0, 0.05) is 31.0 Å². The van der Waals surface area contributed by atoms with Gasteiger partial charge in [-0.25, -0.2) is 4.98 Å². The summed E-state index contributed by atoms with van der Waals surface area (Å²) >= 11 is 1.53. The highest BCUT2D eigenvalue weighted by Crippen LogP contribution is 2.31. The fourth-order valence-corrected chi connectivity index (χ4v) is 5.83. The van der Waals surface area contributed by atoms with Crippen molar-refractivity contribution in [3.8, 4) is 0 Å². The maximum atomic E-state index is 13.0. The fraction of sp³-hybridized carbons (Fsp3) is 0.682. The van der Waals surface area contributed by atoms with Gasteiger partial charge in [0.05, 0.1) is 30.0 Å². The van der Waals surface area contributed by atoms with E-state index in [9.17, 15) is 14.7 Å². The van der Waals surface area contributed by atoms with Crippen LogP contribution in [0.15, 0.2) is 11.1 Å². The molecular formula is C22H31N3O4S. The first-order valence-corrected chi connectivity index (χ1v) is 11.6. The minimum atomic E-state index is -1.00. The molecule has 0 radical (unpaired) electrons. The number of carbonyl (C=O) groups is 1. The second-order valence-electron chi connectivity index (χ2n) is 8.91. The van der Waals surface area contributed by atoms with Crippen molar-refractivity contribution >= 4 is 27.5 Å². The van der Waals surface area contributed by atoms with E-state index in [1.54, 1.807) is 13.4 Å². The summed E-state index contributed by atoms with van der Waals surface area (Å²) in [4.78, 5) is 34.1. The summed E-state index contributed by atoms with van der Waals surface area (Å²) in [6.45, 7) is 5.18. The van der Waals surface area contributed by atoms with Crippen molar-refractivity contribution in [1.29, 1.82) is 0 Å². The lowest BCUT2D eigenvalue weighted by Crippen LogP contribution is -2.51. The Morgan fingerprint density at radius 3 is 2.77 bits per heavy atom. The predicted molar refractivity (Wildman–Crippen MR) is 117 cm³/mol. The zero-order valence-corrected chi connectivity index (χ0v) is 18.8. The van der Waals surface area contributed by atoms with Crippen LogP contribution in [0.4, 0.5) is 0 Å². The molecule has 1 aliphatic heterocycles. The molecule has 2 atom stereocenters. The summed E-state index contributed by atoms with van der Waals surface area (Å²) in [7, 11) is 1.71. The number of amides is 1. The van der Waals surface area contributed by atoms with Crippen LogP contribution in [-0.2, 0) is 16.1 Å². The first-order valence-electron chi connectivity index (χ1n) is 10.8. The number of rotatable bonds is 4. The van der Waals surface area contributed by atoms with Gasteiger partial charge in [-0.2, -0.15) is 0 Å². The van der Waals surface area contributed by atoms with Gasteiger partial charge >= 0.3 is 0 Å². The Morgan fingerprint density at radius 1 is 1.33 bits per heavy atom. The highest BCUT2D eigenvalue weighted by molar-refractivity contribution is 7.18. The average molecular weight is 434 g/mol. The Balaban J connectivity index is 1.42. The molecule has 2 fully saturated rings. The zero-order valence-electron chi connectivity index (χ0n) is 18.0. The maximum Gasteiger partial charge on any atom is 0.262 e. The molecule has 1 saturated heterocycles. The molecule has 2 aromatic heterocycles. The molecule has 0 unspecified atom stereocenters. The second kappa shape index (κ2) is 8.40. The number of aromatic nitrogens is 2. The van der Waals surface area contributed by atoms with Gasteiger partial charge in [0.15, 0.2) is 0 Å². The number of hydrogen-bond donors (Lipinski definition) is 1. The number of fused-ring (bicyclic) bond motifs is 1. The van der Waals surface area contributed by atoms with Crippen LogP contribution >= 0.6 is 11.3 Å². The molecule has 164 valence electrons. The van der Waals surface area contributed by atoms with Crippen LogP contribution in [0.2, 0.25) is 0 Å². The van der Waals surface area contributed by atoms with Gasteiger partial charge in [0.25, 0.3) is 5.56 Å². The third-order valence-electron chi connectivity index (χ3n) is 6.93. The van der Waals surface area contributed by atoms with Crippen molar-refractivity contribution in [1.82, 2.24) is 14.5 Å². The van der Waals surface area contributed by atoms with Crippen molar-refractivity contribution in [2.24, 2.45) is 5.92 Å². The van der Waals surface area contributed by atoms with E-state index in [1.165, 1.54) is 15.9 Å². The number of piperidine rings is 1. The molecule has 1 amide bonds. The van der Waals surface area contributed by atoms with Crippen LogP contribution in [0.1, 0.15) is 49.0 Å². The number of aliphatic hydroxyl groups is 1. The van der Waals surface area contributed by atoms with Gasteiger partial charge < -0.3 is 14.7 Å². The molecule has 1 aliphatic carbocycles. The lowest BCUT2D eigenvalue weighted by atomic mass is 9.84. The molecular weight excluding hydrogens is 402 g/mol. The molecule has 30 heavy (non-hydrogen) atoms. The van der Waals surface area contributed by atoms with Crippen LogP contribution in [0.3, 0.4) is 0 Å². The standard InChI is InChI=1S/C22H31N3O4S/c1-14-15(2)30-19-18(14)21(27)25(13-23-19)12-22(28)7-9-24(10-8-22)20(26)16-5-4-6-17(11-16)29-3/h13,16-17,28H,4-12H2,1-3H3/t16-,17+/m0/s1. The number of aryl methyl sites for hydroxylation is 2. The number of thiophene rings is 1. The highest BCUT2D eigenvalue weighted by Gasteiger charge is 2.37. The van der Waals surface area contributed by atoms with E-state index in [0.717, 1.165) is 41.0 Å². The topological polar surface area (TPSA) is 84.7 Å². The van der Waals surface area contributed by atoms with Crippen molar-refractivity contribution in [2.75, 3.05) is 20.2 Å². The van der Waals surface area contributed by atoms with Crippen molar-refractivity contribution in [3.05, 3.63) is 27.1 Å². The van der Waals surface area contributed by atoms with Crippen LogP contribution in [0.5, 0.6) is 0 Å². The normalized spacial score (nSPS) is 24.3. The van der Waals surface area contributed by atoms with Gasteiger partial charge in [-0.15, -0.1) is 11.3 Å². The molecule has 4 rings (SSSR count). The van der Waals surface area contributed by atoms with Gasteiger partial charge in [-0.1, -0.05) is 6.42 Å². The molecule has 0 aromatic carbocycles. The summed E-state index contributed by atoms with van der Waals surface area (Å²) in [6, 6.07) is 0. The number of ether oxygens (including phenoxy) is 1. The SMILES string of the molecule is CO[C@@H]1CCC[C@H](C(=O)N2CCC(O)(Cn3cnc4sc(C)c(C)c4c3=O)CC2)C1. The number of carbonyl (C=O) groups excluding carboxylic acids is 1. The van der Waals surface area contributed by atoms with Gasteiger partial charge in [0.1, 0.15) is 4.83 Å². The third-order valence-corrected chi connectivity index (χ3v) is 8.05. The molecule has 2 aromatic rings. The second-order valence-corrected chi connectivity index (χ2v) is 10.1. The summed E-state index contributed by atoms with van der Waals surface area (Å²) in [5, 5.41) is 11.8. The quantitative estimate of drug-likeness (QED) is 0.801. The Hall–Kier alpha value is -1.77. The minimum absolute atomic E-state index is 0.0222. The van der Waals surface area contributed by atoms with Crippen LogP contribution < -0.4 is 5.56 Å². The molecule has 3 heterocycles. The Kier molecular flexibility index (Phi) is 6.01. The molecule has 0 bridgehead atoms. The lowest BCUT2D eigenvalue weighted by Gasteiger charge is -2.40. The number of methoxy groups -OCH3 is 1. The van der Waals surface area contributed by atoms with E-state index < -0.39 is 5.60 Å². The zero-order chi connectivity index (χ0) is 21.5. The first kappa shape index (κ1) is 21.5. The number of likely N-dealkylation sites (tertiary alicyclic amines) is 1. The number of hydrogen-bond acceptors (Lipinski definition) is 6. The van der Waals surface area contributed by atoms with Crippen LogP contribution in [-0.4, -0.2) is 57.4 Å². The van der Waals surface area contributed by atoms with Crippen molar-refractivity contribution < 1.29 is 14.6 Å². The van der Waals surface area contributed by atoms with Gasteiger partial charge in [0.2, 0.25) is 5.91 Å². The maximum absolute atomic E-state index is 13.0. The first-order chi connectivity index (χ1) is 14.3. The van der Waals surface area contributed by atoms with E-state index in [4.69, 9.17) is 4.74 Å². The predicted octanol–water partition coefficient (Wildman–Crippen LogP) is 2.63. The monoisotopic (exact) mass is 433 g/mol. The highest BCUT2D eigenvalue weighted by atomic mass is 32.1.